The molecule has 0 bridgehead atoms. The fourth-order valence-electron chi connectivity index (χ4n) is 3.33. The molecule has 0 saturated heterocycles. The lowest BCUT2D eigenvalue weighted by molar-refractivity contribution is 0.0696. The maximum Gasteiger partial charge on any atom is 0.339 e. The van der Waals surface area contributed by atoms with Crippen LogP contribution in [-0.2, 0) is 10.8 Å². The SMILES string of the molecule is CC1(C)CCC(C)(C)c2cc(C=Nc3cc(C(=O)O)co3)ccc21. The Balaban J connectivity index is 1.93. The van der Waals surface area contributed by atoms with Gasteiger partial charge in [0.05, 0.1) is 5.56 Å². The molecule has 0 unspecified atom stereocenters. The molecule has 1 aromatic carbocycles. The average molecular weight is 325 g/mol. The summed E-state index contributed by atoms with van der Waals surface area (Å²) in [4.78, 5) is 15.1. The van der Waals surface area contributed by atoms with Gasteiger partial charge in [-0.2, -0.15) is 0 Å². The van der Waals surface area contributed by atoms with Crippen LogP contribution >= 0.6 is 0 Å². The maximum absolute atomic E-state index is 10.9. The van der Waals surface area contributed by atoms with Crippen LogP contribution in [0, 0.1) is 0 Å². The number of hydrogen-bond acceptors (Lipinski definition) is 3. The minimum absolute atomic E-state index is 0.107. The van der Waals surface area contributed by atoms with Crippen molar-refractivity contribution in [3.05, 3.63) is 52.8 Å². The standard InChI is InChI=1S/C20H23NO3/c1-19(2)7-8-20(3,4)16-9-13(5-6-15(16)19)11-21-17-10-14(12-24-17)18(22)23/h5-6,9-12H,7-8H2,1-4H3,(H,22,23). The molecule has 1 aromatic heterocycles. The molecule has 1 N–H and O–H groups in total. The third-order valence-electron chi connectivity index (χ3n) is 5.05. The molecule has 1 aliphatic carbocycles. The average Bonchev–Trinajstić information content (AvgIpc) is 2.99. The maximum atomic E-state index is 10.9. The first-order valence-electron chi connectivity index (χ1n) is 8.20. The van der Waals surface area contributed by atoms with Gasteiger partial charge in [0.2, 0.25) is 5.88 Å². The van der Waals surface area contributed by atoms with E-state index in [-0.39, 0.29) is 16.4 Å². The van der Waals surface area contributed by atoms with Crippen LogP contribution in [0.15, 0.2) is 39.9 Å². The number of aromatic carboxylic acids is 1. The fourth-order valence-corrected chi connectivity index (χ4v) is 3.33. The summed E-state index contributed by atoms with van der Waals surface area (Å²) in [5.74, 6) is -0.720. The van der Waals surface area contributed by atoms with Crippen molar-refractivity contribution < 1.29 is 14.3 Å². The van der Waals surface area contributed by atoms with Crippen molar-refractivity contribution in [3.63, 3.8) is 0 Å². The van der Waals surface area contributed by atoms with Gasteiger partial charge in [0.1, 0.15) is 6.26 Å². The summed E-state index contributed by atoms with van der Waals surface area (Å²) in [5.41, 5.74) is 4.21. The van der Waals surface area contributed by atoms with Crippen molar-refractivity contribution in [2.45, 2.75) is 51.4 Å². The molecule has 0 saturated carbocycles. The smallest absolute Gasteiger partial charge is 0.339 e. The number of carbonyl (C=O) groups is 1. The second kappa shape index (κ2) is 5.62. The second-order valence-corrected chi connectivity index (χ2v) is 7.81. The Morgan fingerprint density at radius 2 is 1.79 bits per heavy atom. The monoisotopic (exact) mass is 325 g/mol. The molecule has 4 heteroatoms. The van der Waals surface area contributed by atoms with Crippen LogP contribution < -0.4 is 0 Å². The summed E-state index contributed by atoms with van der Waals surface area (Å²) >= 11 is 0. The van der Waals surface area contributed by atoms with Gasteiger partial charge in [0.25, 0.3) is 0 Å². The molecule has 4 nitrogen and oxygen atoms in total. The molecule has 0 fully saturated rings. The Morgan fingerprint density at radius 3 is 2.42 bits per heavy atom. The largest absolute Gasteiger partial charge is 0.478 e. The molecule has 24 heavy (non-hydrogen) atoms. The van der Waals surface area contributed by atoms with Crippen LogP contribution in [0.1, 0.15) is 67.6 Å². The first-order chi connectivity index (χ1) is 11.2. The van der Waals surface area contributed by atoms with Crippen molar-refractivity contribution in [1.82, 2.24) is 0 Å². The molecule has 1 aliphatic rings. The summed E-state index contributed by atoms with van der Waals surface area (Å²) < 4.78 is 5.16. The number of benzene rings is 1. The predicted octanol–water partition coefficient (Wildman–Crippen LogP) is 5.08. The van der Waals surface area contributed by atoms with Gasteiger partial charge in [-0.1, -0.05) is 39.8 Å². The molecule has 3 rings (SSSR count). The lowest BCUT2D eigenvalue weighted by atomic mass is 9.63. The van der Waals surface area contributed by atoms with Crippen LogP contribution in [0.5, 0.6) is 0 Å². The van der Waals surface area contributed by atoms with E-state index in [1.807, 2.05) is 0 Å². The number of fused-ring (bicyclic) bond motifs is 1. The minimum Gasteiger partial charge on any atom is -0.478 e. The summed E-state index contributed by atoms with van der Waals surface area (Å²) in [7, 11) is 0. The van der Waals surface area contributed by atoms with Gasteiger partial charge in [0.15, 0.2) is 0 Å². The first kappa shape index (κ1) is 16.5. The van der Waals surface area contributed by atoms with Gasteiger partial charge in [0, 0.05) is 12.3 Å². The summed E-state index contributed by atoms with van der Waals surface area (Å²) in [6.45, 7) is 9.16. The zero-order valence-corrected chi connectivity index (χ0v) is 14.6. The highest BCUT2D eigenvalue weighted by Gasteiger charge is 2.36. The van der Waals surface area contributed by atoms with E-state index in [1.165, 1.54) is 29.9 Å². The highest BCUT2D eigenvalue weighted by Crippen LogP contribution is 2.45. The Labute approximate surface area is 142 Å². The Kier molecular flexibility index (Phi) is 3.86. The summed E-state index contributed by atoms with van der Waals surface area (Å²) in [5, 5.41) is 8.91. The quantitative estimate of drug-likeness (QED) is 0.801. The van der Waals surface area contributed by atoms with Crippen LogP contribution in [0.25, 0.3) is 0 Å². The van der Waals surface area contributed by atoms with Crippen LogP contribution in [0.3, 0.4) is 0 Å². The highest BCUT2D eigenvalue weighted by molar-refractivity contribution is 5.88. The van der Waals surface area contributed by atoms with E-state index in [0.29, 0.717) is 5.88 Å². The van der Waals surface area contributed by atoms with E-state index in [4.69, 9.17) is 9.52 Å². The van der Waals surface area contributed by atoms with E-state index in [9.17, 15) is 4.79 Å². The van der Waals surface area contributed by atoms with Crippen LogP contribution in [0.2, 0.25) is 0 Å². The Hall–Kier alpha value is -2.36. The number of rotatable bonds is 3. The topological polar surface area (TPSA) is 62.8 Å². The Bertz CT molecular complexity index is 812. The van der Waals surface area contributed by atoms with E-state index in [0.717, 1.165) is 12.0 Å². The van der Waals surface area contributed by atoms with Crippen molar-refractivity contribution in [3.8, 4) is 0 Å². The van der Waals surface area contributed by atoms with Crippen LogP contribution in [-0.4, -0.2) is 17.3 Å². The first-order valence-corrected chi connectivity index (χ1v) is 8.20. The normalized spacial score (nSPS) is 18.5. The van der Waals surface area contributed by atoms with Crippen molar-refractivity contribution in [2.24, 2.45) is 4.99 Å². The molecule has 126 valence electrons. The number of carboxylic acids is 1. The van der Waals surface area contributed by atoms with Gasteiger partial charge in [-0.05, 0) is 46.4 Å². The van der Waals surface area contributed by atoms with Gasteiger partial charge in [-0.25, -0.2) is 9.79 Å². The van der Waals surface area contributed by atoms with Gasteiger partial charge in [-0.3, -0.25) is 0 Å². The molecule has 0 spiro atoms. The molecule has 0 radical (unpaired) electrons. The Morgan fingerprint density at radius 1 is 1.12 bits per heavy atom. The summed E-state index contributed by atoms with van der Waals surface area (Å²) in [6.07, 6.45) is 5.27. The van der Waals surface area contributed by atoms with E-state index in [1.54, 1.807) is 6.21 Å². The highest BCUT2D eigenvalue weighted by atomic mass is 16.4. The zero-order valence-electron chi connectivity index (χ0n) is 14.6. The summed E-state index contributed by atoms with van der Waals surface area (Å²) in [6, 6.07) is 7.88. The molecule has 0 atom stereocenters. The molecular weight excluding hydrogens is 302 g/mol. The van der Waals surface area contributed by atoms with Gasteiger partial charge in [-0.15, -0.1) is 0 Å². The van der Waals surface area contributed by atoms with Gasteiger partial charge < -0.3 is 9.52 Å². The number of furan rings is 1. The molecular formula is C20H23NO3. The third kappa shape index (κ3) is 3.01. The van der Waals surface area contributed by atoms with Gasteiger partial charge >= 0.3 is 5.97 Å². The van der Waals surface area contributed by atoms with Crippen molar-refractivity contribution >= 4 is 18.1 Å². The molecule has 2 aromatic rings. The van der Waals surface area contributed by atoms with Crippen molar-refractivity contribution in [2.75, 3.05) is 0 Å². The van der Waals surface area contributed by atoms with E-state index in [2.05, 4.69) is 50.9 Å². The molecule has 1 heterocycles. The fraction of sp³-hybridized carbons (Fsp3) is 0.400. The third-order valence-corrected chi connectivity index (χ3v) is 5.05. The lowest BCUT2D eigenvalue weighted by Gasteiger charge is -2.42. The van der Waals surface area contributed by atoms with Crippen molar-refractivity contribution in [1.29, 1.82) is 0 Å². The van der Waals surface area contributed by atoms with E-state index >= 15 is 0 Å². The van der Waals surface area contributed by atoms with Crippen LogP contribution in [0.4, 0.5) is 5.88 Å². The predicted molar refractivity (Wildman–Crippen MR) is 94.6 cm³/mol. The second-order valence-electron chi connectivity index (χ2n) is 7.81. The minimum atomic E-state index is -1.02. The van der Waals surface area contributed by atoms with E-state index < -0.39 is 5.97 Å². The lowest BCUT2D eigenvalue weighted by Crippen LogP contribution is -2.33. The number of nitrogens with zero attached hydrogens (tertiary/aromatic N) is 1. The number of hydrogen-bond donors (Lipinski definition) is 1. The number of aliphatic imine (C=N–C) groups is 1. The number of carboxylic acid groups (broad SMARTS) is 1. The molecule has 0 aliphatic heterocycles. The molecule has 0 amide bonds. The zero-order chi connectivity index (χ0) is 17.5.